The Hall–Kier alpha value is -2.30. The molecule has 0 unspecified atom stereocenters. The third-order valence-electron chi connectivity index (χ3n) is 7.43. The average Bonchev–Trinajstić information content (AvgIpc) is 3.22. The number of rotatable bonds is 7. The van der Waals surface area contributed by atoms with Gasteiger partial charge in [-0.3, -0.25) is 0 Å². The van der Waals surface area contributed by atoms with E-state index < -0.39 is 27.0 Å². The number of alkyl halides is 3. The summed E-state index contributed by atoms with van der Waals surface area (Å²) < 4.78 is 75.4. The Labute approximate surface area is 211 Å². The van der Waals surface area contributed by atoms with Gasteiger partial charge in [-0.25, -0.2) is 8.42 Å². The summed E-state index contributed by atoms with van der Waals surface area (Å²) in [5.74, 6) is -0.700. The molecule has 6 nitrogen and oxygen atoms in total. The van der Waals surface area contributed by atoms with E-state index in [-0.39, 0.29) is 23.9 Å². The van der Waals surface area contributed by atoms with E-state index in [9.17, 15) is 21.6 Å². The standard InChI is InChI=1S/C26H33F3N2O4S/c1-24(2,19-34-3)20-8-10-21(11-9-20)30-15-12-25(18-30)13-16-31(17-14-25)36(32,33)23-7-5-4-6-22(23)35-26(27,28)29/h4-11H,12-19H2,1-3H3. The molecule has 0 radical (unpaired) electrons. The highest BCUT2D eigenvalue weighted by atomic mass is 32.2. The Morgan fingerprint density at radius 1 is 0.944 bits per heavy atom. The number of hydrogen-bond donors (Lipinski definition) is 0. The van der Waals surface area contributed by atoms with Gasteiger partial charge < -0.3 is 14.4 Å². The first-order valence-electron chi connectivity index (χ1n) is 12.0. The van der Waals surface area contributed by atoms with E-state index in [4.69, 9.17) is 4.74 Å². The van der Waals surface area contributed by atoms with Crippen molar-refractivity contribution in [3.8, 4) is 5.75 Å². The number of ether oxygens (including phenoxy) is 2. The second kappa shape index (κ2) is 9.87. The van der Waals surface area contributed by atoms with Crippen molar-refractivity contribution < 1.29 is 31.1 Å². The second-order valence-corrected chi connectivity index (χ2v) is 12.3. The number of piperidine rings is 1. The zero-order valence-electron chi connectivity index (χ0n) is 20.8. The lowest BCUT2D eigenvalue weighted by molar-refractivity contribution is -0.275. The van der Waals surface area contributed by atoms with Crippen LogP contribution in [0, 0.1) is 5.41 Å². The van der Waals surface area contributed by atoms with Crippen LogP contribution in [0.25, 0.3) is 0 Å². The van der Waals surface area contributed by atoms with Gasteiger partial charge in [-0.15, -0.1) is 13.2 Å². The number of sulfonamides is 1. The van der Waals surface area contributed by atoms with Crippen molar-refractivity contribution in [2.24, 2.45) is 5.41 Å². The van der Waals surface area contributed by atoms with E-state index in [0.717, 1.165) is 37.3 Å². The maximum Gasteiger partial charge on any atom is 0.573 e. The van der Waals surface area contributed by atoms with Crippen LogP contribution in [0.4, 0.5) is 18.9 Å². The first-order valence-corrected chi connectivity index (χ1v) is 13.5. The average molecular weight is 527 g/mol. The first-order chi connectivity index (χ1) is 16.9. The molecule has 2 saturated heterocycles. The van der Waals surface area contributed by atoms with E-state index in [2.05, 4.69) is 47.7 Å². The Morgan fingerprint density at radius 3 is 2.17 bits per heavy atom. The molecule has 2 fully saturated rings. The minimum absolute atomic E-state index is 0.0119. The fraction of sp³-hybridized carbons (Fsp3) is 0.538. The predicted molar refractivity (Wildman–Crippen MR) is 132 cm³/mol. The minimum atomic E-state index is -4.97. The predicted octanol–water partition coefficient (Wildman–Crippen LogP) is 5.19. The van der Waals surface area contributed by atoms with Crippen molar-refractivity contribution in [2.45, 2.75) is 49.8 Å². The number of methoxy groups -OCH3 is 1. The van der Waals surface area contributed by atoms with E-state index in [0.29, 0.717) is 19.4 Å². The molecule has 0 aliphatic carbocycles. The van der Waals surface area contributed by atoms with Crippen LogP contribution >= 0.6 is 0 Å². The van der Waals surface area contributed by atoms with Gasteiger partial charge in [-0.1, -0.05) is 38.1 Å². The summed E-state index contributed by atoms with van der Waals surface area (Å²) in [6, 6.07) is 13.4. The number of hydrogen-bond acceptors (Lipinski definition) is 5. The molecule has 2 aromatic rings. The second-order valence-electron chi connectivity index (χ2n) is 10.4. The lowest BCUT2D eigenvalue weighted by Crippen LogP contribution is -2.44. The van der Waals surface area contributed by atoms with Crippen LogP contribution < -0.4 is 9.64 Å². The van der Waals surface area contributed by atoms with Gasteiger partial charge in [0.25, 0.3) is 0 Å². The highest BCUT2D eigenvalue weighted by molar-refractivity contribution is 7.89. The van der Waals surface area contributed by atoms with Gasteiger partial charge in [0.1, 0.15) is 10.6 Å². The third-order valence-corrected chi connectivity index (χ3v) is 9.37. The van der Waals surface area contributed by atoms with Gasteiger partial charge in [0.2, 0.25) is 10.0 Å². The van der Waals surface area contributed by atoms with Crippen molar-refractivity contribution in [1.29, 1.82) is 0 Å². The van der Waals surface area contributed by atoms with E-state index in [1.165, 1.54) is 22.0 Å². The number of nitrogens with zero attached hydrogens (tertiary/aromatic N) is 2. The Balaban J connectivity index is 1.42. The molecule has 0 saturated carbocycles. The molecular formula is C26H33F3N2O4S. The van der Waals surface area contributed by atoms with Crippen LogP contribution in [-0.4, -0.2) is 59.0 Å². The Kier molecular flexibility index (Phi) is 7.34. The highest BCUT2D eigenvalue weighted by Crippen LogP contribution is 2.43. The zero-order chi connectivity index (χ0) is 26.2. The molecule has 2 heterocycles. The maximum atomic E-state index is 13.2. The van der Waals surface area contributed by atoms with Gasteiger partial charge in [-0.05, 0) is 54.5 Å². The summed E-state index contributed by atoms with van der Waals surface area (Å²) in [7, 11) is -2.42. The van der Waals surface area contributed by atoms with Gasteiger partial charge in [0.15, 0.2) is 0 Å². The zero-order valence-corrected chi connectivity index (χ0v) is 21.7. The van der Waals surface area contributed by atoms with Gasteiger partial charge >= 0.3 is 6.36 Å². The van der Waals surface area contributed by atoms with E-state index in [1.54, 1.807) is 7.11 Å². The van der Waals surface area contributed by atoms with Crippen LogP contribution in [0.1, 0.15) is 38.7 Å². The lowest BCUT2D eigenvalue weighted by Gasteiger charge is -2.39. The van der Waals surface area contributed by atoms with Crippen LogP contribution in [-0.2, 0) is 20.2 Å². The molecule has 0 bridgehead atoms. The largest absolute Gasteiger partial charge is 0.573 e. The molecular weight excluding hydrogens is 493 g/mol. The van der Waals surface area contributed by atoms with Crippen molar-refractivity contribution >= 4 is 15.7 Å². The molecule has 2 aromatic carbocycles. The van der Waals surface area contributed by atoms with E-state index in [1.807, 2.05) is 0 Å². The van der Waals surface area contributed by atoms with Crippen LogP contribution in [0.15, 0.2) is 53.4 Å². The third kappa shape index (κ3) is 5.65. The number of para-hydroxylation sites is 1. The molecule has 0 atom stereocenters. The van der Waals surface area contributed by atoms with Gasteiger partial charge in [0.05, 0.1) is 6.61 Å². The number of benzene rings is 2. The Bertz CT molecular complexity index is 1160. The monoisotopic (exact) mass is 526 g/mol. The maximum absolute atomic E-state index is 13.2. The fourth-order valence-corrected chi connectivity index (χ4v) is 6.90. The smallest absolute Gasteiger partial charge is 0.404 e. The normalized spacial score (nSPS) is 19.1. The molecule has 1 spiro atoms. The summed E-state index contributed by atoms with van der Waals surface area (Å²) in [6.45, 7) is 7.16. The molecule has 36 heavy (non-hydrogen) atoms. The van der Waals surface area contributed by atoms with Gasteiger partial charge in [0, 0.05) is 44.4 Å². The molecule has 4 rings (SSSR count). The number of halogens is 3. The van der Waals surface area contributed by atoms with Crippen molar-refractivity contribution in [3.05, 3.63) is 54.1 Å². The summed E-state index contributed by atoms with van der Waals surface area (Å²) >= 11 is 0. The van der Waals surface area contributed by atoms with Crippen molar-refractivity contribution in [1.82, 2.24) is 4.31 Å². The molecule has 2 aliphatic heterocycles. The highest BCUT2D eigenvalue weighted by Gasteiger charge is 2.44. The summed E-state index contributed by atoms with van der Waals surface area (Å²) in [5, 5.41) is 0. The van der Waals surface area contributed by atoms with E-state index >= 15 is 0 Å². The Morgan fingerprint density at radius 2 is 1.56 bits per heavy atom. The topological polar surface area (TPSA) is 59.1 Å². The summed E-state index contributed by atoms with van der Waals surface area (Å²) in [6.07, 6.45) is -2.71. The molecule has 10 heteroatoms. The SMILES string of the molecule is COCC(C)(C)c1ccc(N2CCC3(CCN(S(=O)(=O)c4ccccc4OC(F)(F)F)CC3)C2)cc1. The van der Waals surface area contributed by atoms with Crippen LogP contribution in [0.5, 0.6) is 5.75 Å². The number of anilines is 1. The fourth-order valence-electron chi connectivity index (χ4n) is 5.34. The lowest BCUT2D eigenvalue weighted by atomic mass is 9.78. The minimum Gasteiger partial charge on any atom is -0.404 e. The molecule has 198 valence electrons. The van der Waals surface area contributed by atoms with Crippen LogP contribution in [0.3, 0.4) is 0 Å². The first kappa shape index (κ1) is 26.8. The quantitative estimate of drug-likeness (QED) is 0.497. The van der Waals surface area contributed by atoms with Crippen LogP contribution in [0.2, 0.25) is 0 Å². The van der Waals surface area contributed by atoms with Crippen molar-refractivity contribution in [2.75, 3.05) is 44.8 Å². The van der Waals surface area contributed by atoms with Gasteiger partial charge in [-0.2, -0.15) is 4.31 Å². The molecule has 0 amide bonds. The van der Waals surface area contributed by atoms with Crippen molar-refractivity contribution in [3.63, 3.8) is 0 Å². The molecule has 0 aromatic heterocycles. The molecule has 2 aliphatic rings. The summed E-state index contributed by atoms with van der Waals surface area (Å²) in [5.41, 5.74) is 2.25. The summed E-state index contributed by atoms with van der Waals surface area (Å²) in [4.78, 5) is 1.88. The molecule has 0 N–H and O–H groups in total.